The van der Waals surface area contributed by atoms with Crippen LogP contribution in [0.15, 0.2) is 0 Å². The van der Waals surface area contributed by atoms with E-state index >= 15 is 0 Å². The second kappa shape index (κ2) is 4.97. The summed E-state index contributed by atoms with van der Waals surface area (Å²) in [7, 11) is 0. The Hall–Kier alpha value is 0.110. The summed E-state index contributed by atoms with van der Waals surface area (Å²) in [6, 6.07) is 0. The first-order chi connectivity index (χ1) is 5.74. The first-order valence-electron chi connectivity index (χ1n) is 4.19. The van der Waals surface area contributed by atoms with Crippen LogP contribution in [-0.2, 0) is 4.79 Å². The van der Waals surface area contributed by atoms with Crippen LogP contribution >= 0.6 is 23.4 Å². The number of halogens is 1. The number of amides is 1. The van der Waals surface area contributed by atoms with Crippen LogP contribution in [0.3, 0.4) is 0 Å². The van der Waals surface area contributed by atoms with Crippen molar-refractivity contribution in [2.75, 3.05) is 24.7 Å². The summed E-state index contributed by atoms with van der Waals surface area (Å²) in [6.45, 7) is 3.94. The standard InChI is InChI=1S/C8H14ClNOS/c1-7-2-3-10(4-5-12-7)8(11)6-9/h7H,2-6H2,1H3. The lowest BCUT2D eigenvalue weighted by Crippen LogP contribution is -2.33. The number of alkyl halides is 1. The Labute approximate surface area is 82.6 Å². The molecule has 1 heterocycles. The van der Waals surface area contributed by atoms with E-state index in [1.165, 1.54) is 0 Å². The topological polar surface area (TPSA) is 20.3 Å². The van der Waals surface area contributed by atoms with Crippen LogP contribution in [-0.4, -0.2) is 40.8 Å². The van der Waals surface area contributed by atoms with Gasteiger partial charge in [0.05, 0.1) is 0 Å². The molecule has 1 rings (SSSR count). The molecule has 0 N–H and O–H groups in total. The minimum Gasteiger partial charge on any atom is -0.341 e. The number of hydrogen-bond donors (Lipinski definition) is 0. The zero-order valence-electron chi connectivity index (χ0n) is 7.25. The summed E-state index contributed by atoms with van der Waals surface area (Å²) in [5.74, 6) is 1.24. The maximum Gasteiger partial charge on any atom is 0.237 e. The van der Waals surface area contributed by atoms with Gasteiger partial charge < -0.3 is 4.90 Å². The first kappa shape index (κ1) is 10.2. The van der Waals surface area contributed by atoms with Gasteiger partial charge in [0.2, 0.25) is 5.91 Å². The lowest BCUT2D eigenvalue weighted by atomic mass is 10.3. The molecule has 1 aliphatic heterocycles. The van der Waals surface area contributed by atoms with Crippen LogP contribution in [0.25, 0.3) is 0 Å². The van der Waals surface area contributed by atoms with Crippen molar-refractivity contribution in [3.05, 3.63) is 0 Å². The fourth-order valence-corrected chi connectivity index (χ4v) is 2.40. The van der Waals surface area contributed by atoms with Crippen molar-refractivity contribution >= 4 is 29.3 Å². The second-order valence-electron chi connectivity index (χ2n) is 2.98. The van der Waals surface area contributed by atoms with E-state index in [1.807, 2.05) is 16.7 Å². The molecule has 1 amide bonds. The van der Waals surface area contributed by atoms with E-state index in [0.717, 1.165) is 25.3 Å². The molecule has 70 valence electrons. The van der Waals surface area contributed by atoms with Gasteiger partial charge in [-0.1, -0.05) is 6.92 Å². The minimum absolute atomic E-state index is 0.0753. The summed E-state index contributed by atoms with van der Waals surface area (Å²) in [5.41, 5.74) is 0. The second-order valence-corrected chi connectivity index (χ2v) is 4.80. The highest BCUT2D eigenvalue weighted by molar-refractivity contribution is 7.99. The van der Waals surface area contributed by atoms with E-state index < -0.39 is 0 Å². The molecule has 12 heavy (non-hydrogen) atoms. The van der Waals surface area contributed by atoms with E-state index in [1.54, 1.807) is 0 Å². The number of nitrogens with zero attached hydrogens (tertiary/aromatic N) is 1. The van der Waals surface area contributed by atoms with Crippen LogP contribution in [0.1, 0.15) is 13.3 Å². The average Bonchev–Trinajstić information content (AvgIpc) is 2.29. The quantitative estimate of drug-likeness (QED) is 0.609. The van der Waals surface area contributed by atoms with Gasteiger partial charge in [-0.05, 0) is 6.42 Å². The largest absolute Gasteiger partial charge is 0.341 e. The summed E-state index contributed by atoms with van der Waals surface area (Å²) in [6.07, 6.45) is 1.09. The van der Waals surface area contributed by atoms with Gasteiger partial charge in [0, 0.05) is 24.1 Å². The molecule has 1 saturated heterocycles. The zero-order valence-corrected chi connectivity index (χ0v) is 8.83. The summed E-state index contributed by atoms with van der Waals surface area (Å²) in [5, 5.41) is 0.679. The fraction of sp³-hybridized carbons (Fsp3) is 0.875. The highest BCUT2D eigenvalue weighted by Gasteiger charge is 2.17. The van der Waals surface area contributed by atoms with Crippen LogP contribution in [0.2, 0.25) is 0 Å². The van der Waals surface area contributed by atoms with Gasteiger partial charge in [-0.3, -0.25) is 4.79 Å². The number of carbonyl (C=O) groups excluding carboxylic acids is 1. The lowest BCUT2D eigenvalue weighted by molar-refractivity contribution is -0.128. The Balaban J connectivity index is 2.40. The molecule has 0 aliphatic carbocycles. The summed E-state index contributed by atoms with van der Waals surface area (Å²) in [4.78, 5) is 13.1. The molecule has 0 aromatic carbocycles. The van der Waals surface area contributed by atoms with Crippen LogP contribution < -0.4 is 0 Å². The third-order valence-electron chi connectivity index (χ3n) is 2.04. The maximum absolute atomic E-state index is 11.2. The lowest BCUT2D eigenvalue weighted by Gasteiger charge is -2.18. The molecule has 0 aromatic heterocycles. The Morgan fingerprint density at radius 2 is 2.42 bits per heavy atom. The Morgan fingerprint density at radius 1 is 1.67 bits per heavy atom. The van der Waals surface area contributed by atoms with E-state index in [0.29, 0.717) is 5.25 Å². The van der Waals surface area contributed by atoms with E-state index in [9.17, 15) is 4.79 Å². The van der Waals surface area contributed by atoms with Crippen molar-refractivity contribution in [1.82, 2.24) is 4.90 Å². The molecule has 1 atom stereocenters. The predicted octanol–water partition coefficient (Wildman–Crippen LogP) is 1.58. The first-order valence-corrected chi connectivity index (χ1v) is 5.77. The van der Waals surface area contributed by atoms with Crippen molar-refractivity contribution in [2.45, 2.75) is 18.6 Å². The molecule has 1 unspecified atom stereocenters. The van der Waals surface area contributed by atoms with Crippen molar-refractivity contribution < 1.29 is 4.79 Å². The fourth-order valence-electron chi connectivity index (χ4n) is 1.23. The van der Waals surface area contributed by atoms with Gasteiger partial charge in [-0.25, -0.2) is 0 Å². The maximum atomic E-state index is 11.2. The molecule has 4 heteroatoms. The number of carbonyl (C=O) groups is 1. The van der Waals surface area contributed by atoms with Crippen molar-refractivity contribution in [1.29, 1.82) is 0 Å². The van der Waals surface area contributed by atoms with Gasteiger partial charge >= 0.3 is 0 Å². The Bertz CT molecular complexity index is 165. The van der Waals surface area contributed by atoms with E-state index in [2.05, 4.69) is 6.92 Å². The number of hydrogen-bond acceptors (Lipinski definition) is 2. The number of rotatable bonds is 1. The number of thioether (sulfide) groups is 1. The van der Waals surface area contributed by atoms with Gasteiger partial charge in [0.25, 0.3) is 0 Å². The van der Waals surface area contributed by atoms with Crippen LogP contribution in [0.4, 0.5) is 0 Å². The molecule has 0 saturated carbocycles. The van der Waals surface area contributed by atoms with Crippen LogP contribution in [0.5, 0.6) is 0 Å². The molecule has 0 aromatic rings. The summed E-state index contributed by atoms with van der Waals surface area (Å²) < 4.78 is 0. The molecular formula is C8H14ClNOS. The smallest absolute Gasteiger partial charge is 0.237 e. The SMILES string of the molecule is CC1CCN(C(=O)CCl)CCS1. The molecule has 1 fully saturated rings. The molecule has 2 nitrogen and oxygen atoms in total. The van der Waals surface area contributed by atoms with Crippen molar-refractivity contribution in [3.63, 3.8) is 0 Å². The van der Waals surface area contributed by atoms with Crippen LogP contribution in [0, 0.1) is 0 Å². The third kappa shape index (κ3) is 2.87. The molecule has 0 radical (unpaired) electrons. The van der Waals surface area contributed by atoms with Gasteiger partial charge in [0.1, 0.15) is 5.88 Å². The molecule has 1 aliphatic rings. The summed E-state index contributed by atoms with van der Waals surface area (Å²) >= 11 is 7.41. The van der Waals surface area contributed by atoms with Gasteiger partial charge in [0.15, 0.2) is 0 Å². The molecular weight excluding hydrogens is 194 g/mol. The van der Waals surface area contributed by atoms with E-state index in [-0.39, 0.29) is 11.8 Å². The Kier molecular flexibility index (Phi) is 4.22. The van der Waals surface area contributed by atoms with Crippen molar-refractivity contribution in [3.8, 4) is 0 Å². The van der Waals surface area contributed by atoms with Gasteiger partial charge in [-0.2, -0.15) is 11.8 Å². The van der Waals surface area contributed by atoms with Gasteiger partial charge in [-0.15, -0.1) is 11.6 Å². The molecule has 0 spiro atoms. The third-order valence-corrected chi connectivity index (χ3v) is 3.49. The Morgan fingerprint density at radius 3 is 3.08 bits per heavy atom. The van der Waals surface area contributed by atoms with Crippen molar-refractivity contribution in [2.24, 2.45) is 0 Å². The van der Waals surface area contributed by atoms with E-state index in [4.69, 9.17) is 11.6 Å². The monoisotopic (exact) mass is 207 g/mol. The normalized spacial score (nSPS) is 25.2. The highest BCUT2D eigenvalue weighted by atomic mass is 35.5. The predicted molar refractivity (Wildman–Crippen MR) is 53.8 cm³/mol. The molecule has 0 bridgehead atoms. The zero-order chi connectivity index (χ0) is 8.97. The average molecular weight is 208 g/mol. The highest BCUT2D eigenvalue weighted by Crippen LogP contribution is 2.18. The minimum atomic E-state index is 0.0753.